The minimum atomic E-state index is -1.15. The molecule has 32 heavy (non-hydrogen) atoms. The predicted molar refractivity (Wildman–Crippen MR) is 118 cm³/mol. The molecule has 168 valence electrons. The molecule has 1 aliphatic rings. The number of aliphatic hydroxyl groups is 2. The smallest absolute Gasteiger partial charge is 0.184 e. The zero-order valence-electron chi connectivity index (χ0n) is 16.4. The molecule has 4 rings (SSSR count). The van der Waals surface area contributed by atoms with Crippen molar-refractivity contribution in [3.8, 4) is 17.5 Å². The summed E-state index contributed by atoms with van der Waals surface area (Å²) in [5.41, 5.74) is 0.469. The molecule has 1 aliphatic heterocycles. The van der Waals surface area contributed by atoms with E-state index in [2.05, 4.69) is 20.3 Å². The maximum absolute atomic E-state index is 10.9. The number of rotatable bonds is 6. The van der Waals surface area contributed by atoms with Crippen LogP contribution < -0.4 is 0 Å². The quantitative estimate of drug-likeness (QED) is 0.503. The molecule has 0 amide bonds. The molecule has 0 saturated carbocycles. The van der Waals surface area contributed by atoms with Gasteiger partial charge in [-0.15, -0.1) is 16.4 Å². The monoisotopic (exact) mass is 514 g/mol. The molecule has 14 heteroatoms. The highest BCUT2D eigenvalue weighted by Gasteiger charge is 2.47. The molecule has 2 N–H and O–H groups in total. The average molecular weight is 515 g/mol. The van der Waals surface area contributed by atoms with Crippen LogP contribution in [0.15, 0.2) is 28.7 Å². The molecule has 0 bridgehead atoms. The third-order valence-electron chi connectivity index (χ3n) is 4.82. The van der Waals surface area contributed by atoms with Gasteiger partial charge < -0.3 is 19.7 Å². The number of thioether (sulfide) groups is 1. The number of ether oxygens (including phenoxy) is 2. The van der Waals surface area contributed by atoms with Gasteiger partial charge >= 0.3 is 0 Å². The van der Waals surface area contributed by atoms with Crippen molar-refractivity contribution in [1.29, 1.82) is 5.26 Å². The Hall–Kier alpha value is -1.82. The lowest BCUT2D eigenvalue weighted by Crippen LogP contribution is -2.55. The number of hydrogen-bond acceptors (Lipinski definition) is 11. The summed E-state index contributed by atoms with van der Waals surface area (Å²) in [6.45, 7) is -0.437. The van der Waals surface area contributed by atoms with Gasteiger partial charge in [0.1, 0.15) is 47.2 Å². The van der Waals surface area contributed by atoms with Crippen LogP contribution in [-0.2, 0) is 9.47 Å². The fraction of sp³-hybridized carbons (Fsp3) is 0.389. The maximum atomic E-state index is 10.9. The van der Waals surface area contributed by atoms with Crippen LogP contribution in [0.3, 0.4) is 0 Å². The summed E-state index contributed by atoms with van der Waals surface area (Å²) >= 11 is 14.4. The van der Waals surface area contributed by atoms with Crippen molar-refractivity contribution in [2.75, 3.05) is 13.7 Å². The van der Waals surface area contributed by atoms with Crippen molar-refractivity contribution in [3.63, 3.8) is 0 Å². The van der Waals surface area contributed by atoms with Crippen LogP contribution in [0, 0.1) is 11.3 Å². The lowest BCUT2D eigenvalue weighted by Gasteiger charge is -2.43. The van der Waals surface area contributed by atoms with E-state index in [1.54, 1.807) is 17.6 Å². The summed E-state index contributed by atoms with van der Waals surface area (Å²) in [5.74, 6) is 0. The molecular weight excluding hydrogens is 499 g/mol. The zero-order chi connectivity index (χ0) is 22.8. The van der Waals surface area contributed by atoms with E-state index < -0.39 is 36.4 Å². The van der Waals surface area contributed by atoms with Gasteiger partial charge in [0.2, 0.25) is 0 Å². The summed E-state index contributed by atoms with van der Waals surface area (Å²) in [5, 5.41) is 40.5. The second kappa shape index (κ2) is 9.98. The molecule has 4 heterocycles. The molecule has 0 spiro atoms. The summed E-state index contributed by atoms with van der Waals surface area (Å²) in [6.07, 6.45) is 0.196. The number of methoxy groups -OCH3 is 1. The molecule has 0 aliphatic carbocycles. The van der Waals surface area contributed by atoms with E-state index in [4.69, 9.17) is 32.7 Å². The van der Waals surface area contributed by atoms with E-state index in [1.165, 1.54) is 29.3 Å². The number of aromatic nitrogens is 5. The maximum Gasteiger partial charge on any atom is 0.184 e. The standard InChI is InChI=1S/C18H16Cl2N6O4S2/c1-29-16-14(26-5-10(24-25-26)11-7-31-18(20)23-11)15(28)12(6-27)30-17(16)32-13-2-8(19)4-22-9(13)3-21/h2,4-5,7,12,14-17,27-28H,6H2,1H3/t12-,14+,15+,16-,17-/m1/s1. The summed E-state index contributed by atoms with van der Waals surface area (Å²) in [4.78, 5) is 8.69. The van der Waals surface area contributed by atoms with Crippen LogP contribution >= 0.6 is 46.3 Å². The predicted octanol–water partition coefficient (Wildman–Crippen LogP) is 2.40. The van der Waals surface area contributed by atoms with E-state index >= 15 is 0 Å². The number of thiazole rings is 1. The molecule has 10 nitrogen and oxygen atoms in total. The highest BCUT2D eigenvalue weighted by atomic mass is 35.5. The van der Waals surface area contributed by atoms with Crippen LogP contribution in [0.5, 0.6) is 0 Å². The van der Waals surface area contributed by atoms with Gasteiger partial charge in [-0.3, -0.25) is 0 Å². The van der Waals surface area contributed by atoms with Gasteiger partial charge in [-0.1, -0.05) is 40.2 Å². The van der Waals surface area contributed by atoms with Crippen molar-refractivity contribution in [1.82, 2.24) is 25.0 Å². The minimum Gasteiger partial charge on any atom is -0.394 e. The topological polar surface area (TPSA) is 139 Å². The van der Waals surface area contributed by atoms with E-state index in [-0.39, 0.29) is 5.69 Å². The molecule has 3 aromatic rings. The number of hydrogen-bond donors (Lipinski definition) is 2. The molecule has 3 aromatic heterocycles. The van der Waals surface area contributed by atoms with E-state index in [9.17, 15) is 15.5 Å². The normalized spacial score (nSPS) is 25.6. The Kier molecular flexibility index (Phi) is 7.28. The largest absolute Gasteiger partial charge is 0.394 e. The second-order valence-electron chi connectivity index (χ2n) is 6.71. The first-order chi connectivity index (χ1) is 15.4. The van der Waals surface area contributed by atoms with Gasteiger partial charge in [-0.2, -0.15) is 5.26 Å². The lowest BCUT2D eigenvalue weighted by atomic mass is 9.97. The van der Waals surface area contributed by atoms with Gasteiger partial charge in [-0.05, 0) is 6.07 Å². The van der Waals surface area contributed by atoms with E-state index in [1.807, 2.05) is 6.07 Å². The van der Waals surface area contributed by atoms with Gasteiger partial charge in [0.15, 0.2) is 10.2 Å². The van der Waals surface area contributed by atoms with Gasteiger partial charge in [0.05, 0.1) is 17.8 Å². The number of nitrogens with zero attached hydrogens (tertiary/aromatic N) is 6. The molecule has 0 aromatic carbocycles. The Morgan fingerprint density at radius 1 is 1.41 bits per heavy atom. The summed E-state index contributed by atoms with van der Waals surface area (Å²) in [7, 11) is 1.47. The first-order valence-electron chi connectivity index (χ1n) is 9.17. The van der Waals surface area contributed by atoms with Crippen LogP contribution in [0.2, 0.25) is 9.49 Å². The molecule has 1 fully saturated rings. The fourth-order valence-electron chi connectivity index (χ4n) is 3.34. The highest BCUT2D eigenvalue weighted by molar-refractivity contribution is 7.99. The van der Waals surface area contributed by atoms with Crippen LogP contribution in [0.25, 0.3) is 11.4 Å². The molecular formula is C18H16Cl2N6O4S2. The first kappa shape index (κ1) is 23.3. The minimum absolute atomic E-state index is 0.171. The van der Waals surface area contributed by atoms with Crippen molar-refractivity contribution < 1.29 is 19.7 Å². The average Bonchev–Trinajstić information content (AvgIpc) is 3.43. The Bertz CT molecular complexity index is 1140. The Labute approximate surface area is 200 Å². The fourth-order valence-corrected chi connectivity index (χ4v) is 5.58. The van der Waals surface area contributed by atoms with Crippen molar-refractivity contribution >= 4 is 46.3 Å². The van der Waals surface area contributed by atoms with Gasteiger partial charge in [0.25, 0.3) is 0 Å². The number of pyridine rings is 1. The van der Waals surface area contributed by atoms with Crippen molar-refractivity contribution in [2.45, 2.75) is 34.7 Å². The van der Waals surface area contributed by atoms with Crippen molar-refractivity contribution in [3.05, 3.63) is 39.0 Å². The van der Waals surface area contributed by atoms with Crippen molar-refractivity contribution in [2.24, 2.45) is 0 Å². The molecule has 0 radical (unpaired) electrons. The first-order valence-corrected chi connectivity index (χ1v) is 11.7. The molecule has 1 saturated heterocycles. The Morgan fingerprint density at radius 3 is 2.88 bits per heavy atom. The highest BCUT2D eigenvalue weighted by Crippen LogP contribution is 2.40. The summed E-state index contributed by atoms with van der Waals surface area (Å²) in [6, 6.07) is 2.86. The van der Waals surface area contributed by atoms with Gasteiger partial charge in [0, 0.05) is 23.6 Å². The zero-order valence-corrected chi connectivity index (χ0v) is 19.5. The third-order valence-corrected chi connectivity index (χ3v) is 7.18. The van der Waals surface area contributed by atoms with E-state index in [0.717, 1.165) is 11.8 Å². The number of nitriles is 1. The number of aliphatic hydroxyl groups excluding tert-OH is 2. The van der Waals surface area contributed by atoms with Crippen LogP contribution in [0.4, 0.5) is 0 Å². The van der Waals surface area contributed by atoms with Gasteiger partial charge in [-0.25, -0.2) is 14.6 Å². The lowest BCUT2D eigenvalue weighted by molar-refractivity contribution is -0.186. The molecule has 0 unspecified atom stereocenters. The van der Waals surface area contributed by atoms with E-state index in [0.29, 0.717) is 25.8 Å². The molecule has 5 atom stereocenters. The van der Waals surface area contributed by atoms with Crippen LogP contribution in [-0.4, -0.2) is 72.6 Å². The SMILES string of the molecule is CO[C@@H]1[C@@H](n2cc(-c3csc(Cl)n3)nn2)[C@@H](O)[C@@H](CO)O[C@@H]1Sc1cc(Cl)cnc1C#N. The third kappa shape index (κ3) is 4.61. The summed E-state index contributed by atoms with van der Waals surface area (Å²) < 4.78 is 13.4. The van der Waals surface area contributed by atoms with Crippen LogP contribution in [0.1, 0.15) is 11.7 Å². The number of halogens is 2. The Balaban J connectivity index is 1.68. The Morgan fingerprint density at radius 2 is 2.22 bits per heavy atom. The second-order valence-corrected chi connectivity index (χ2v) is 9.72.